The van der Waals surface area contributed by atoms with Crippen LogP contribution in [0.25, 0.3) is 0 Å². The van der Waals surface area contributed by atoms with Crippen LogP contribution in [-0.2, 0) is 14.3 Å². The maximum Gasteiger partial charge on any atom is 0.401 e. The summed E-state index contributed by atoms with van der Waals surface area (Å²) in [6, 6.07) is 6.26. The zero-order chi connectivity index (χ0) is 16.8. The molecule has 0 fully saturated rings. The molecule has 0 radical (unpaired) electrons. The second-order valence-corrected chi connectivity index (χ2v) is 7.67. The van der Waals surface area contributed by atoms with E-state index >= 15 is 0 Å². The van der Waals surface area contributed by atoms with E-state index in [1.807, 2.05) is 6.92 Å². The van der Waals surface area contributed by atoms with Gasteiger partial charge in [0.1, 0.15) is 4.83 Å². The Bertz CT molecular complexity index is 556. The highest BCUT2D eigenvalue weighted by Crippen LogP contribution is 2.30. The van der Waals surface area contributed by atoms with Gasteiger partial charge in [-0.25, -0.2) is 0 Å². The summed E-state index contributed by atoms with van der Waals surface area (Å²) in [5.41, 5.74) is 0.938. The lowest BCUT2D eigenvalue weighted by Crippen LogP contribution is -2.22. The van der Waals surface area contributed by atoms with Crippen LogP contribution in [0, 0.1) is 6.92 Å². The summed E-state index contributed by atoms with van der Waals surface area (Å²) >= 11 is 2.58. The summed E-state index contributed by atoms with van der Waals surface area (Å²) in [7, 11) is -3.79. The molecular formula is C14H18BrF3O3S. The zero-order valence-electron chi connectivity index (χ0n) is 12.1. The lowest BCUT2D eigenvalue weighted by molar-refractivity contribution is -0.128. The van der Waals surface area contributed by atoms with Crippen LogP contribution < -0.4 is 0 Å². The third-order valence-electron chi connectivity index (χ3n) is 3.01. The van der Waals surface area contributed by atoms with E-state index in [-0.39, 0.29) is 17.9 Å². The first-order valence-corrected chi connectivity index (χ1v) is 9.12. The Morgan fingerprint density at radius 1 is 1.14 bits per heavy atom. The van der Waals surface area contributed by atoms with Crippen molar-refractivity contribution in [3.05, 3.63) is 29.8 Å². The molecule has 0 aromatic heterocycles. The molecule has 1 unspecified atom stereocenters. The third kappa shape index (κ3) is 6.66. The number of hydrogen-bond acceptors (Lipinski definition) is 3. The van der Waals surface area contributed by atoms with Crippen LogP contribution in [0.2, 0.25) is 0 Å². The van der Waals surface area contributed by atoms with Crippen molar-refractivity contribution < 1.29 is 25.8 Å². The van der Waals surface area contributed by atoms with E-state index in [9.17, 15) is 21.6 Å². The maximum atomic E-state index is 12.2. The molecule has 1 aromatic carbocycles. The standard InChI is InChI=1S/C14H18BrF3O3S/c1-11-6-8-12(9-7-11)22(19,20)21-10-4-2-3-5-13(15)14(16,17)18/h6-9,13H,2-5,10H2,1H3. The fraction of sp³-hybridized carbons (Fsp3) is 0.571. The highest BCUT2D eigenvalue weighted by molar-refractivity contribution is 9.09. The summed E-state index contributed by atoms with van der Waals surface area (Å²) in [5, 5.41) is 0. The molecule has 126 valence electrons. The van der Waals surface area contributed by atoms with Gasteiger partial charge < -0.3 is 0 Å². The van der Waals surface area contributed by atoms with Crippen LogP contribution in [0.3, 0.4) is 0 Å². The minimum Gasteiger partial charge on any atom is -0.266 e. The van der Waals surface area contributed by atoms with Gasteiger partial charge in [0.15, 0.2) is 0 Å². The SMILES string of the molecule is Cc1ccc(S(=O)(=O)OCCCCCC(Br)C(F)(F)F)cc1. The van der Waals surface area contributed by atoms with Crippen molar-refractivity contribution in [1.29, 1.82) is 0 Å². The fourth-order valence-corrected chi connectivity index (χ4v) is 2.97. The van der Waals surface area contributed by atoms with E-state index in [0.717, 1.165) is 5.56 Å². The Morgan fingerprint density at radius 2 is 1.73 bits per heavy atom. The fourth-order valence-electron chi connectivity index (χ4n) is 1.71. The number of unbranched alkanes of at least 4 members (excludes halogenated alkanes) is 2. The van der Waals surface area contributed by atoms with Crippen molar-refractivity contribution in [2.45, 2.75) is 48.5 Å². The Hall–Kier alpha value is -0.600. The van der Waals surface area contributed by atoms with E-state index in [1.165, 1.54) is 12.1 Å². The van der Waals surface area contributed by atoms with E-state index in [1.54, 1.807) is 12.1 Å². The molecule has 22 heavy (non-hydrogen) atoms. The molecule has 0 saturated heterocycles. The van der Waals surface area contributed by atoms with Gasteiger partial charge in [0, 0.05) is 0 Å². The van der Waals surface area contributed by atoms with Gasteiger partial charge in [0.2, 0.25) is 0 Å². The Labute approximate surface area is 137 Å². The molecule has 0 amide bonds. The predicted molar refractivity (Wildman–Crippen MR) is 81.6 cm³/mol. The largest absolute Gasteiger partial charge is 0.401 e. The van der Waals surface area contributed by atoms with Crippen molar-refractivity contribution in [3.63, 3.8) is 0 Å². The van der Waals surface area contributed by atoms with Gasteiger partial charge in [-0.1, -0.05) is 46.5 Å². The zero-order valence-corrected chi connectivity index (χ0v) is 14.5. The number of aryl methyl sites for hydroxylation is 1. The van der Waals surface area contributed by atoms with Crippen LogP contribution in [0.15, 0.2) is 29.2 Å². The molecule has 1 aromatic rings. The first-order chi connectivity index (χ1) is 10.1. The van der Waals surface area contributed by atoms with E-state index < -0.39 is 21.1 Å². The van der Waals surface area contributed by atoms with Crippen LogP contribution in [0.5, 0.6) is 0 Å². The van der Waals surface area contributed by atoms with Crippen LogP contribution in [-0.4, -0.2) is 26.0 Å². The molecule has 1 atom stereocenters. The van der Waals surface area contributed by atoms with Gasteiger partial charge in [0.25, 0.3) is 10.1 Å². The number of rotatable bonds is 8. The number of alkyl halides is 4. The van der Waals surface area contributed by atoms with Gasteiger partial charge in [-0.15, -0.1) is 0 Å². The van der Waals surface area contributed by atoms with Crippen LogP contribution in [0.4, 0.5) is 13.2 Å². The van der Waals surface area contributed by atoms with E-state index in [0.29, 0.717) is 19.3 Å². The Morgan fingerprint density at radius 3 is 2.27 bits per heavy atom. The van der Waals surface area contributed by atoms with Crippen molar-refractivity contribution in [2.75, 3.05) is 6.61 Å². The van der Waals surface area contributed by atoms with Crippen LogP contribution >= 0.6 is 15.9 Å². The van der Waals surface area contributed by atoms with Crippen molar-refractivity contribution in [1.82, 2.24) is 0 Å². The monoisotopic (exact) mass is 402 g/mol. The number of hydrogen-bond donors (Lipinski definition) is 0. The quantitative estimate of drug-likeness (QED) is 0.362. The molecule has 0 aliphatic carbocycles. The molecule has 8 heteroatoms. The molecule has 0 bridgehead atoms. The van der Waals surface area contributed by atoms with Crippen molar-refractivity contribution in [3.8, 4) is 0 Å². The first-order valence-electron chi connectivity index (χ1n) is 6.80. The Kier molecular flexibility index (Phi) is 7.34. The summed E-state index contributed by atoms with van der Waals surface area (Å²) < 4.78 is 65.3. The normalized spacial score (nSPS) is 14.0. The van der Waals surface area contributed by atoms with Gasteiger partial charge in [0.05, 0.1) is 11.5 Å². The van der Waals surface area contributed by atoms with E-state index in [4.69, 9.17) is 4.18 Å². The molecule has 0 heterocycles. The minimum absolute atomic E-state index is 0.0326. The third-order valence-corrected chi connectivity index (χ3v) is 5.31. The highest BCUT2D eigenvalue weighted by Gasteiger charge is 2.36. The smallest absolute Gasteiger partial charge is 0.266 e. The molecule has 0 N–H and O–H groups in total. The average Bonchev–Trinajstić information content (AvgIpc) is 2.41. The first kappa shape index (κ1) is 19.4. The molecule has 0 spiro atoms. The molecule has 1 rings (SSSR count). The lowest BCUT2D eigenvalue weighted by atomic mass is 10.1. The summed E-state index contributed by atoms with van der Waals surface area (Å²) in [5.74, 6) is 0. The predicted octanol–water partition coefficient (Wildman–Crippen LogP) is 4.59. The van der Waals surface area contributed by atoms with Gasteiger partial charge in [-0.2, -0.15) is 21.6 Å². The Balaban J connectivity index is 2.28. The summed E-state index contributed by atoms with van der Waals surface area (Å²) in [6.07, 6.45) is -3.06. The maximum absolute atomic E-state index is 12.2. The molecule has 0 aliphatic heterocycles. The topological polar surface area (TPSA) is 43.4 Å². The van der Waals surface area contributed by atoms with E-state index in [2.05, 4.69) is 15.9 Å². The van der Waals surface area contributed by atoms with Gasteiger partial charge >= 0.3 is 6.18 Å². The molecule has 3 nitrogen and oxygen atoms in total. The number of benzene rings is 1. The molecule has 0 saturated carbocycles. The second kappa shape index (κ2) is 8.31. The van der Waals surface area contributed by atoms with Crippen molar-refractivity contribution >= 4 is 26.0 Å². The molecular weight excluding hydrogens is 385 g/mol. The summed E-state index contributed by atoms with van der Waals surface area (Å²) in [4.78, 5) is -1.44. The van der Waals surface area contributed by atoms with Crippen molar-refractivity contribution in [2.24, 2.45) is 0 Å². The minimum atomic E-state index is -4.24. The highest BCUT2D eigenvalue weighted by atomic mass is 79.9. The summed E-state index contributed by atoms with van der Waals surface area (Å²) in [6.45, 7) is 1.81. The van der Waals surface area contributed by atoms with Crippen LogP contribution in [0.1, 0.15) is 31.2 Å². The lowest BCUT2D eigenvalue weighted by Gasteiger charge is -2.13. The number of halogens is 4. The second-order valence-electron chi connectivity index (χ2n) is 4.95. The molecule has 0 aliphatic rings. The average molecular weight is 403 g/mol. The van der Waals surface area contributed by atoms with Gasteiger partial charge in [-0.3, -0.25) is 4.18 Å². The van der Waals surface area contributed by atoms with Gasteiger partial charge in [-0.05, 0) is 31.9 Å².